The molecule has 94 valence electrons. The van der Waals surface area contributed by atoms with Crippen molar-refractivity contribution in [2.75, 3.05) is 5.75 Å². The lowest BCUT2D eigenvalue weighted by Crippen LogP contribution is -2.03. The van der Waals surface area contributed by atoms with Crippen molar-refractivity contribution in [3.05, 3.63) is 58.6 Å². The van der Waals surface area contributed by atoms with E-state index in [9.17, 15) is 9.50 Å². The Morgan fingerprint density at radius 3 is 2.83 bits per heavy atom. The topological polar surface area (TPSA) is 33.1 Å². The fourth-order valence-electron chi connectivity index (χ4n) is 1.48. The number of aliphatic hydroxyl groups is 1. The van der Waals surface area contributed by atoms with Gasteiger partial charge in [-0.15, -0.1) is 11.8 Å². The van der Waals surface area contributed by atoms with Crippen molar-refractivity contribution in [2.24, 2.45) is 0 Å². The van der Waals surface area contributed by atoms with Crippen LogP contribution in [0, 0.1) is 5.82 Å². The van der Waals surface area contributed by atoms with Crippen LogP contribution in [0.5, 0.6) is 0 Å². The number of hydrogen-bond acceptors (Lipinski definition) is 3. The van der Waals surface area contributed by atoms with Gasteiger partial charge in [0.25, 0.3) is 0 Å². The van der Waals surface area contributed by atoms with Gasteiger partial charge in [-0.1, -0.05) is 12.1 Å². The molecule has 2 nitrogen and oxygen atoms in total. The van der Waals surface area contributed by atoms with Crippen molar-refractivity contribution in [2.45, 2.75) is 11.0 Å². The Balaban J connectivity index is 2.03. The fourth-order valence-corrected chi connectivity index (χ4v) is 3.00. The van der Waals surface area contributed by atoms with E-state index in [4.69, 9.17) is 0 Å². The van der Waals surface area contributed by atoms with Gasteiger partial charge in [0, 0.05) is 26.9 Å². The molecule has 0 aliphatic rings. The van der Waals surface area contributed by atoms with Crippen LogP contribution in [0.2, 0.25) is 0 Å². The molecule has 1 heterocycles. The Kier molecular flexibility index (Phi) is 4.74. The van der Waals surface area contributed by atoms with Crippen molar-refractivity contribution in [3.8, 4) is 0 Å². The molecule has 18 heavy (non-hydrogen) atoms. The molecular formula is C13H11BrFNOS. The third-order valence-corrected chi connectivity index (χ3v) is 4.50. The van der Waals surface area contributed by atoms with Crippen LogP contribution in [-0.4, -0.2) is 15.8 Å². The molecule has 1 N–H and O–H groups in total. The van der Waals surface area contributed by atoms with Crippen molar-refractivity contribution in [1.82, 2.24) is 4.98 Å². The van der Waals surface area contributed by atoms with Gasteiger partial charge in [-0.3, -0.25) is 4.98 Å². The summed E-state index contributed by atoms with van der Waals surface area (Å²) in [6, 6.07) is 9.23. The van der Waals surface area contributed by atoms with Crippen LogP contribution in [0.15, 0.2) is 52.1 Å². The van der Waals surface area contributed by atoms with E-state index >= 15 is 0 Å². The Labute approximate surface area is 117 Å². The summed E-state index contributed by atoms with van der Waals surface area (Å²) in [5.41, 5.74) is 0.282. The standard InChI is InChI=1S/C13H11BrFNOS/c14-10-3-1-2-4-13(10)18-8-12(17)9-5-6-16-7-11(9)15/h1-7,12,17H,8H2. The Morgan fingerprint density at radius 2 is 2.11 bits per heavy atom. The second-order valence-corrected chi connectivity index (χ2v) is 5.57. The first kappa shape index (κ1) is 13.5. The van der Waals surface area contributed by atoms with Crippen molar-refractivity contribution >= 4 is 27.7 Å². The molecule has 0 radical (unpaired) electrons. The van der Waals surface area contributed by atoms with Crippen LogP contribution in [0.3, 0.4) is 0 Å². The minimum absolute atomic E-state index is 0.282. The molecule has 0 saturated carbocycles. The maximum absolute atomic E-state index is 13.4. The lowest BCUT2D eigenvalue weighted by molar-refractivity contribution is 0.198. The summed E-state index contributed by atoms with van der Waals surface area (Å²) in [7, 11) is 0. The van der Waals surface area contributed by atoms with E-state index < -0.39 is 11.9 Å². The number of aliphatic hydroxyl groups excluding tert-OH is 1. The van der Waals surface area contributed by atoms with Crippen molar-refractivity contribution < 1.29 is 9.50 Å². The Bertz CT molecular complexity index is 538. The summed E-state index contributed by atoms with van der Waals surface area (Å²) in [4.78, 5) is 4.68. The van der Waals surface area contributed by atoms with E-state index in [1.807, 2.05) is 24.3 Å². The largest absolute Gasteiger partial charge is 0.387 e. The van der Waals surface area contributed by atoms with Gasteiger partial charge in [0.05, 0.1) is 12.3 Å². The van der Waals surface area contributed by atoms with Crippen molar-refractivity contribution in [3.63, 3.8) is 0 Å². The lowest BCUT2D eigenvalue weighted by Gasteiger charge is -2.11. The first-order valence-electron chi connectivity index (χ1n) is 5.33. The molecule has 1 unspecified atom stereocenters. The first-order chi connectivity index (χ1) is 8.68. The summed E-state index contributed by atoms with van der Waals surface area (Å²) < 4.78 is 14.4. The van der Waals surface area contributed by atoms with Gasteiger partial charge in [-0.05, 0) is 34.1 Å². The molecule has 1 aromatic carbocycles. The number of nitrogens with zero attached hydrogens (tertiary/aromatic N) is 1. The number of aromatic nitrogens is 1. The molecule has 0 saturated heterocycles. The fraction of sp³-hybridized carbons (Fsp3) is 0.154. The smallest absolute Gasteiger partial charge is 0.147 e. The third-order valence-electron chi connectivity index (χ3n) is 2.40. The first-order valence-corrected chi connectivity index (χ1v) is 7.11. The van der Waals surface area contributed by atoms with E-state index in [1.165, 1.54) is 24.0 Å². The quantitative estimate of drug-likeness (QED) is 0.867. The van der Waals surface area contributed by atoms with E-state index in [1.54, 1.807) is 0 Å². The maximum atomic E-state index is 13.4. The van der Waals surface area contributed by atoms with Gasteiger partial charge in [0.2, 0.25) is 0 Å². The number of hydrogen-bond donors (Lipinski definition) is 1. The highest BCUT2D eigenvalue weighted by molar-refractivity contribution is 9.10. The zero-order chi connectivity index (χ0) is 13.0. The highest BCUT2D eigenvalue weighted by Gasteiger charge is 2.13. The number of halogens is 2. The predicted molar refractivity (Wildman–Crippen MR) is 74.0 cm³/mol. The average molecular weight is 328 g/mol. The van der Waals surface area contributed by atoms with E-state index in [0.29, 0.717) is 5.75 Å². The molecule has 0 bridgehead atoms. The van der Waals surface area contributed by atoms with Gasteiger partial charge in [-0.25, -0.2) is 4.39 Å². The molecular weight excluding hydrogens is 317 g/mol. The van der Waals surface area contributed by atoms with Crippen LogP contribution in [-0.2, 0) is 0 Å². The highest BCUT2D eigenvalue weighted by atomic mass is 79.9. The molecule has 0 aliphatic heterocycles. The number of rotatable bonds is 4. The molecule has 0 amide bonds. The predicted octanol–water partition coefficient (Wildman–Crippen LogP) is 3.81. The molecule has 0 aliphatic carbocycles. The van der Waals surface area contributed by atoms with E-state index in [2.05, 4.69) is 20.9 Å². The minimum atomic E-state index is -0.842. The summed E-state index contributed by atoms with van der Waals surface area (Å²) in [6.45, 7) is 0. The second-order valence-electron chi connectivity index (χ2n) is 3.65. The van der Waals surface area contributed by atoms with Gasteiger partial charge in [0.15, 0.2) is 0 Å². The Hall–Kier alpha value is -0.910. The van der Waals surface area contributed by atoms with Crippen molar-refractivity contribution in [1.29, 1.82) is 0 Å². The maximum Gasteiger partial charge on any atom is 0.147 e. The minimum Gasteiger partial charge on any atom is -0.387 e. The summed E-state index contributed by atoms with van der Waals surface area (Å²) >= 11 is 4.91. The highest BCUT2D eigenvalue weighted by Crippen LogP contribution is 2.30. The Morgan fingerprint density at radius 1 is 1.33 bits per heavy atom. The van der Waals surface area contributed by atoms with Crippen LogP contribution in [0.4, 0.5) is 4.39 Å². The van der Waals surface area contributed by atoms with E-state index in [0.717, 1.165) is 15.6 Å². The van der Waals surface area contributed by atoms with Gasteiger partial charge < -0.3 is 5.11 Å². The monoisotopic (exact) mass is 327 g/mol. The van der Waals surface area contributed by atoms with Crippen LogP contribution < -0.4 is 0 Å². The van der Waals surface area contributed by atoms with Crippen LogP contribution in [0.25, 0.3) is 0 Å². The molecule has 0 fully saturated rings. The number of benzene rings is 1. The molecule has 2 aromatic rings. The van der Waals surface area contributed by atoms with Gasteiger partial charge in [0.1, 0.15) is 5.82 Å². The summed E-state index contributed by atoms with van der Waals surface area (Å²) in [5.74, 6) is -0.0819. The van der Waals surface area contributed by atoms with Crippen LogP contribution in [0.1, 0.15) is 11.7 Å². The van der Waals surface area contributed by atoms with Gasteiger partial charge in [-0.2, -0.15) is 0 Å². The number of pyridine rings is 1. The van der Waals surface area contributed by atoms with Crippen LogP contribution >= 0.6 is 27.7 Å². The second kappa shape index (κ2) is 6.31. The molecule has 2 rings (SSSR count). The molecule has 5 heteroatoms. The van der Waals surface area contributed by atoms with E-state index in [-0.39, 0.29) is 5.56 Å². The summed E-state index contributed by atoms with van der Waals surface area (Å²) in [6.07, 6.45) is 1.75. The molecule has 1 aromatic heterocycles. The summed E-state index contributed by atoms with van der Waals surface area (Å²) in [5, 5.41) is 9.95. The van der Waals surface area contributed by atoms with Gasteiger partial charge >= 0.3 is 0 Å². The molecule has 1 atom stereocenters. The zero-order valence-corrected chi connectivity index (χ0v) is 11.8. The SMILES string of the molecule is OC(CSc1ccccc1Br)c1ccncc1F. The lowest BCUT2D eigenvalue weighted by atomic mass is 10.2. The molecule has 0 spiro atoms. The number of thioether (sulfide) groups is 1. The third kappa shape index (κ3) is 3.31. The normalized spacial score (nSPS) is 12.4. The zero-order valence-electron chi connectivity index (χ0n) is 9.38. The average Bonchev–Trinajstić information content (AvgIpc) is 2.38.